The highest BCUT2D eigenvalue weighted by Gasteiger charge is 2.34. The lowest BCUT2D eigenvalue weighted by Crippen LogP contribution is -2.47. The second kappa shape index (κ2) is 10.2. The van der Waals surface area contributed by atoms with E-state index in [-0.39, 0.29) is 24.5 Å². The van der Waals surface area contributed by atoms with Gasteiger partial charge < -0.3 is 29.6 Å². The Bertz CT molecular complexity index is 1070. The molecule has 1 heterocycles. The van der Waals surface area contributed by atoms with E-state index in [0.717, 1.165) is 0 Å². The minimum absolute atomic E-state index is 0.128. The van der Waals surface area contributed by atoms with Crippen LogP contribution in [-0.2, 0) is 9.53 Å². The number of rotatable bonds is 8. The zero-order chi connectivity index (χ0) is 23.1. The number of ether oxygens (including phenoxy) is 4. The maximum atomic E-state index is 12.8. The Hall–Kier alpha value is -4.19. The molecule has 2 N–H and O–H groups in total. The highest BCUT2D eigenvalue weighted by molar-refractivity contribution is 5.95. The van der Waals surface area contributed by atoms with Crippen molar-refractivity contribution in [2.45, 2.75) is 13.0 Å². The molecule has 32 heavy (non-hydrogen) atoms. The molecule has 0 radical (unpaired) electrons. The van der Waals surface area contributed by atoms with Gasteiger partial charge in [-0.3, -0.25) is 0 Å². The van der Waals surface area contributed by atoms with Gasteiger partial charge in [0.25, 0.3) is 0 Å². The lowest BCUT2D eigenvalue weighted by Gasteiger charge is -2.29. The standard InChI is InChI=1S/C23H23N3O6/c1-4-31-22(27)20-17(13-32-18-10-5-14(12-24)11-19(18)30-3)25-23(28)26-21(20)15-6-8-16(29-2)9-7-15/h5-11,21H,4,13H2,1-3H3,(H2,25,26,28). The summed E-state index contributed by atoms with van der Waals surface area (Å²) in [5.74, 6) is 0.781. The molecule has 1 aliphatic rings. The number of urea groups is 1. The number of benzene rings is 2. The van der Waals surface area contributed by atoms with Crippen LogP contribution in [0.25, 0.3) is 0 Å². The first kappa shape index (κ1) is 22.5. The predicted octanol–water partition coefficient (Wildman–Crippen LogP) is 2.83. The fourth-order valence-corrected chi connectivity index (χ4v) is 3.23. The number of carbonyl (C=O) groups is 2. The van der Waals surface area contributed by atoms with Crippen molar-refractivity contribution in [3.63, 3.8) is 0 Å². The first-order chi connectivity index (χ1) is 15.5. The summed E-state index contributed by atoms with van der Waals surface area (Å²) in [6.07, 6.45) is 0. The van der Waals surface area contributed by atoms with E-state index in [1.165, 1.54) is 13.2 Å². The van der Waals surface area contributed by atoms with E-state index in [2.05, 4.69) is 10.6 Å². The van der Waals surface area contributed by atoms with Crippen LogP contribution in [0, 0.1) is 11.3 Å². The minimum atomic E-state index is -0.741. The molecule has 2 aromatic carbocycles. The first-order valence-corrected chi connectivity index (χ1v) is 9.83. The normalized spacial score (nSPS) is 15.2. The lowest BCUT2D eigenvalue weighted by molar-refractivity contribution is -0.139. The van der Waals surface area contributed by atoms with E-state index in [4.69, 9.17) is 24.2 Å². The third-order valence-electron chi connectivity index (χ3n) is 4.76. The molecule has 2 aromatic rings. The van der Waals surface area contributed by atoms with Crippen molar-refractivity contribution in [1.82, 2.24) is 10.6 Å². The fraction of sp³-hybridized carbons (Fsp3) is 0.261. The summed E-state index contributed by atoms with van der Waals surface area (Å²) in [6.45, 7) is 1.74. The van der Waals surface area contributed by atoms with Gasteiger partial charge in [0.2, 0.25) is 0 Å². The Morgan fingerprint density at radius 2 is 1.84 bits per heavy atom. The summed E-state index contributed by atoms with van der Waals surface area (Å²) >= 11 is 0. The molecule has 1 atom stereocenters. The smallest absolute Gasteiger partial charge is 0.338 e. The van der Waals surface area contributed by atoms with Gasteiger partial charge in [0.15, 0.2) is 11.5 Å². The Balaban J connectivity index is 1.97. The number of hydrogen-bond acceptors (Lipinski definition) is 7. The number of nitrogens with one attached hydrogen (secondary N) is 2. The van der Waals surface area contributed by atoms with Crippen molar-refractivity contribution >= 4 is 12.0 Å². The molecule has 1 aliphatic heterocycles. The van der Waals surface area contributed by atoms with Gasteiger partial charge in [-0.2, -0.15) is 5.26 Å². The number of esters is 1. The molecule has 9 heteroatoms. The van der Waals surface area contributed by atoms with Crippen LogP contribution in [-0.4, -0.2) is 39.4 Å². The van der Waals surface area contributed by atoms with E-state index in [1.807, 2.05) is 6.07 Å². The number of carbonyl (C=O) groups excluding carboxylic acids is 2. The molecule has 0 aliphatic carbocycles. The van der Waals surface area contributed by atoms with Crippen molar-refractivity contribution in [2.24, 2.45) is 0 Å². The predicted molar refractivity (Wildman–Crippen MR) is 114 cm³/mol. The average Bonchev–Trinajstić information content (AvgIpc) is 2.82. The van der Waals surface area contributed by atoms with E-state index in [9.17, 15) is 9.59 Å². The van der Waals surface area contributed by atoms with Gasteiger partial charge in [-0.1, -0.05) is 12.1 Å². The van der Waals surface area contributed by atoms with Crippen LogP contribution in [0.4, 0.5) is 4.79 Å². The summed E-state index contributed by atoms with van der Waals surface area (Å²) in [5, 5.41) is 14.5. The van der Waals surface area contributed by atoms with Crippen molar-refractivity contribution in [3.8, 4) is 23.3 Å². The van der Waals surface area contributed by atoms with E-state index >= 15 is 0 Å². The molecule has 0 bridgehead atoms. The molecular formula is C23H23N3O6. The largest absolute Gasteiger partial charge is 0.497 e. The van der Waals surface area contributed by atoms with Crippen molar-refractivity contribution < 1.29 is 28.5 Å². The Kier molecular flexibility index (Phi) is 7.18. The van der Waals surface area contributed by atoms with Crippen LogP contribution in [0.5, 0.6) is 17.2 Å². The van der Waals surface area contributed by atoms with Crippen LogP contribution in [0.3, 0.4) is 0 Å². The van der Waals surface area contributed by atoms with Crippen LogP contribution < -0.4 is 24.8 Å². The van der Waals surface area contributed by atoms with Gasteiger partial charge in [0.1, 0.15) is 12.4 Å². The molecule has 9 nitrogen and oxygen atoms in total. The second-order valence-corrected chi connectivity index (χ2v) is 6.68. The Labute approximate surface area is 185 Å². The first-order valence-electron chi connectivity index (χ1n) is 9.83. The molecule has 3 rings (SSSR count). The summed E-state index contributed by atoms with van der Waals surface area (Å²) < 4.78 is 21.5. The van der Waals surface area contributed by atoms with Crippen LogP contribution >= 0.6 is 0 Å². The quantitative estimate of drug-likeness (QED) is 0.610. The lowest BCUT2D eigenvalue weighted by atomic mass is 9.95. The van der Waals surface area contributed by atoms with Gasteiger partial charge in [0, 0.05) is 6.07 Å². The van der Waals surface area contributed by atoms with Crippen molar-refractivity contribution in [2.75, 3.05) is 27.4 Å². The molecule has 0 fully saturated rings. The molecule has 166 valence electrons. The molecule has 2 amide bonds. The molecule has 1 unspecified atom stereocenters. The van der Waals surface area contributed by atoms with Crippen LogP contribution in [0.2, 0.25) is 0 Å². The van der Waals surface area contributed by atoms with Gasteiger partial charge in [-0.05, 0) is 36.8 Å². The van der Waals surface area contributed by atoms with E-state index in [1.54, 1.807) is 50.4 Å². The van der Waals surface area contributed by atoms with Gasteiger partial charge in [0.05, 0.1) is 49.8 Å². The maximum absolute atomic E-state index is 12.8. The monoisotopic (exact) mass is 437 g/mol. The number of hydrogen-bond donors (Lipinski definition) is 2. The Morgan fingerprint density at radius 1 is 1.09 bits per heavy atom. The molecule has 0 spiro atoms. The van der Waals surface area contributed by atoms with Gasteiger partial charge >= 0.3 is 12.0 Å². The number of nitriles is 1. The third kappa shape index (κ3) is 4.92. The summed E-state index contributed by atoms with van der Waals surface area (Å²) in [5.41, 5.74) is 1.58. The third-order valence-corrected chi connectivity index (χ3v) is 4.76. The highest BCUT2D eigenvalue weighted by atomic mass is 16.5. The van der Waals surface area contributed by atoms with E-state index < -0.39 is 18.0 Å². The SMILES string of the molecule is CCOC(=O)C1=C(COc2ccc(C#N)cc2OC)NC(=O)NC1c1ccc(OC)cc1. The number of nitrogens with zero attached hydrogens (tertiary/aromatic N) is 1. The average molecular weight is 437 g/mol. The van der Waals surface area contributed by atoms with Crippen LogP contribution in [0.15, 0.2) is 53.7 Å². The summed E-state index contributed by atoms with van der Waals surface area (Å²) in [7, 11) is 3.01. The topological polar surface area (TPSA) is 119 Å². The van der Waals surface area contributed by atoms with Gasteiger partial charge in [-0.25, -0.2) is 9.59 Å². The fourth-order valence-electron chi connectivity index (χ4n) is 3.23. The molecule has 0 saturated carbocycles. The molecular weight excluding hydrogens is 414 g/mol. The Morgan fingerprint density at radius 3 is 2.47 bits per heavy atom. The maximum Gasteiger partial charge on any atom is 0.338 e. The van der Waals surface area contributed by atoms with E-state index in [0.29, 0.717) is 28.4 Å². The minimum Gasteiger partial charge on any atom is -0.497 e. The van der Waals surface area contributed by atoms with Crippen molar-refractivity contribution in [1.29, 1.82) is 5.26 Å². The highest BCUT2D eigenvalue weighted by Crippen LogP contribution is 2.31. The van der Waals surface area contributed by atoms with Gasteiger partial charge in [-0.15, -0.1) is 0 Å². The second-order valence-electron chi connectivity index (χ2n) is 6.68. The molecule has 0 aromatic heterocycles. The molecule has 0 saturated heterocycles. The zero-order valence-electron chi connectivity index (χ0n) is 17.9. The van der Waals surface area contributed by atoms with Crippen molar-refractivity contribution in [3.05, 3.63) is 64.9 Å². The van der Waals surface area contributed by atoms with Crippen LogP contribution in [0.1, 0.15) is 24.1 Å². The zero-order valence-corrected chi connectivity index (χ0v) is 17.9. The number of methoxy groups -OCH3 is 2. The number of amides is 2. The summed E-state index contributed by atoms with van der Waals surface area (Å²) in [6, 6.07) is 12.5. The summed E-state index contributed by atoms with van der Waals surface area (Å²) in [4.78, 5) is 25.2.